The Hall–Kier alpha value is -2.18. The number of ether oxygens (including phenoxy) is 1. The molecule has 0 bridgehead atoms. The molecule has 6 nitrogen and oxygen atoms in total. The fourth-order valence-electron chi connectivity index (χ4n) is 2.86. The number of benzene rings is 1. The first-order valence-electron chi connectivity index (χ1n) is 7.83. The van der Waals surface area contributed by atoms with Crippen LogP contribution >= 0.6 is 0 Å². The van der Waals surface area contributed by atoms with Crippen molar-refractivity contribution in [3.8, 4) is 0 Å². The number of nitrogens with one attached hydrogen (secondary N) is 1. The Bertz CT molecular complexity index is 735. The molecule has 2 aromatic rings. The Labute approximate surface area is 134 Å². The number of H-pyrrole nitrogens is 1. The highest BCUT2D eigenvalue weighted by molar-refractivity contribution is 5.18. The first-order chi connectivity index (χ1) is 11.1. The van der Waals surface area contributed by atoms with Crippen molar-refractivity contribution in [2.24, 2.45) is 0 Å². The van der Waals surface area contributed by atoms with E-state index in [0.29, 0.717) is 25.4 Å². The molecular weight excluding hydrogens is 294 g/mol. The number of hydrogen-bond donors (Lipinski definition) is 1. The van der Waals surface area contributed by atoms with Crippen molar-refractivity contribution in [2.75, 3.05) is 26.2 Å². The molecule has 1 aromatic heterocycles. The summed E-state index contributed by atoms with van der Waals surface area (Å²) in [4.78, 5) is 28.7. The van der Waals surface area contributed by atoms with E-state index >= 15 is 0 Å². The molecule has 0 radical (unpaired) electrons. The number of aryl methyl sites for hydroxylation is 1. The molecule has 1 aliphatic rings. The van der Waals surface area contributed by atoms with Gasteiger partial charge in [0.25, 0.3) is 5.56 Å². The van der Waals surface area contributed by atoms with E-state index in [1.165, 1.54) is 10.6 Å². The minimum Gasteiger partial charge on any atom is -0.371 e. The van der Waals surface area contributed by atoms with Gasteiger partial charge >= 0.3 is 5.69 Å². The zero-order valence-electron chi connectivity index (χ0n) is 13.2. The summed E-state index contributed by atoms with van der Waals surface area (Å²) >= 11 is 0. The highest BCUT2D eigenvalue weighted by atomic mass is 16.5. The summed E-state index contributed by atoms with van der Waals surface area (Å²) in [6.07, 6.45) is 0.0398. The SMILES string of the molecule is Cc1cc(=O)n(CCN2CCO[C@@H](c3ccccc3)C2)c(=O)[nH]1. The van der Waals surface area contributed by atoms with Gasteiger partial charge in [-0.3, -0.25) is 14.3 Å². The van der Waals surface area contributed by atoms with Crippen LogP contribution in [0.1, 0.15) is 17.4 Å². The van der Waals surface area contributed by atoms with E-state index in [9.17, 15) is 9.59 Å². The molecular formula is C17H21N3O3. The van der Waals surface area contributed by atoms with Crippen LogP contribution in [-0.2, 0) is 11.3 Å². The van der Waals surface area contributed by atoms with Gasteiger partial charge in [-0.25, -0.2) is 4.79 Å². The van der Waals surface area contributed by atoms with Gasteiger partial charge in [0.05, 0.1) is 12.7 Å². The molecule has 1 atom stereocenters. The maximum absolute atomic E-state index is 11.9. The van der Waals surface area contributed by atoms with E-state index in [2.05, 4.69) is 22.0 Å². The summed E-state index contributed by atoms with van der Waals surface area (Å²) in [6.45, 7) is 4.97. The summed E-state index contributed by atoms with van der Waals surface area (Å²) in [6, 6.07) is 11.6. The molecule has 1 fully saturated rings. The monoisotopic (exact) mass is 315 g/mol. The molecule has 0 saturated carbocycles. The minimum absolute atomic E-state index is 0.0398. The van der Waals surface area contributed by atoms with Crippen molar-refractivity contribution in [1.29, 1.82) is 0 Å². The Morgan fingerprint density at radius 2 is 2.00 bits per heavy atom. The average Bonchev–Trinajstić information content (AvgIpc) is 2.55. The topological polar surface area (TPSA) is 67.3 Å². The van der Waals surface area contributed by atoms with Crippen molar-refractivity contribution in [1.82, 2.24) is 14.5 Å². The first kappa shape index (κ1) is 15.7. The maximum Gasteiger partial charge on any atom is 0.328 e. The third-order valence-electron chi connectivity index (χ3n) is 4.12. The summed E-state index contributed by atoms with van der Waals surface area (Å²) < 4.78 is 7.08. The summed E-state index contributed by atoms with van der Waals surface area (Å²) in [5, 5.41) is 0. The Morgan fingerprint density at radius 3 is 2.74 bits per heavy atom. The number of hydrogen-bond acceptors (Lipinski definition) is 4. The van der Waals surface area contributed by atoms with Crippen molar-refractivity contribution in [3.63, 3.8) is 0 Å². The number of morpholine rings is 1. The van der Waals surface area contributed by atoms with Crippen LogP contribution in [0.3, 0.4) is 0 Å². The van der Waals surface area contributed by atoms with Crippen LogP contribution in [0.2, 0.25) is 0 Å². The van der Waals surface area contributed by atoms with Gasteiger partial charge in [0.1, 0.15) is 0 Å². The number of nitrogens with zero attached hydrogens (tertiary/aromatic N) is 2. The highest BCUT2D eigenvalue weighted by Gasteiger charge is 2.21. The fraction of sp³-hybridized carbons (Fsp3) is 0.412. The lowest BCUT2D eigenvalue weighted by atomic mass is 10.1. The first-order valence-corrected chi connectivity index (χ1v) is 7.83. The number of aromatic amines is 1. The molecule has 1 saturated heterocycles. The summed E-state index contributed by atoms with van der Waals surface area (Å²) in [5.74, 6) is 0. The van der Waals surface area contributed by atoms with Gasteiger partial charge in [-0.2, -0.15) is 0 Å². The molecule has 1 N–H and O–H groups in total. The van der Waals surface area contributed by atoms with Crippen LogP contribution < -0.4 is 11.2 Å². The largest absolute Gasteiger partial charge is 0.371 e. The van der Waals surface area contributed by atoms with Gasteiger partial charge in [0.15, 0.2) is 0 Å². The lowest BCUT2D eigenvalue weighted by Crippen LogP contribution is -2.43. The number of aromatic nitrogens is 2. The summed E-state index contributed by atoms with van der Waals surface area (Å²) in [5.41, 5.74) is 1.15. The van der Waals surface area contributed by atoms with E-state index in [0.717, 1.165) is 18.7 Å². The average molecular weight is 315 g/mol. The second kappa shape index (κ2) is 6.93. The normalized spacial score (nSPS) is 18.9. The molecule has 23 heavy (non-hydrogen) atoms. The second-order valence-electron chi connectivity index (χ2n) is 5.82. The third kappa shape index (κ3) is 3.78. The maximum atomic E-state index is 11.9. The standard InChI is InChI=1S/C17H21N3O3/c1-13-11-16(21)20(17(22)18-13)8-7-19-9-10-23-15(12-19)14-5-3-2-4-6-14/h2-6,11,15H,7-10,12H2,1H3,(H,18,22)/t15-/m1/s1. The smallest absolute Gasteiger partial charge is 0.328 e. The van der Waals surface area contributed by atoms with Crippen molar-refractivity contribution < 1.29 is 4.74 Å². The Kier molecular flexibility index (Phi) is 4.73. The zero-order valence-corrected chi connectivity index (χ0v) is 13.2. The lowest BCUT2D eigenvalue weighted by molar-refractivity contribution is -0.0310. The molecule has 0 spiro atoms. The van der Waals surface area contributed by atoms with E-state index in [4.69, 9.17) is 4.74 Å². The van der Waals surface area contributed by atoms with Gasteiger partial charge in [0.2, 0.25) is 0 Å². The third-order valence-corrected chi connectivity index (χ3v) is 4.12. The van der Waals surface area contributed by atoms with Crippen LogP contribution in [0.4, 0.5) is 0 Å². The van der Waals surface area contributed by atoms with E-state index in [-0.39, 0.29) is 17.4 Å². The van der Waals surface area contributed by atoms with Gasteiger partial charge in [0, 0.05) is 37.9 Å². The molecule has 122 valence electrons. The van der Waals surface area contributed by atoms with Gasteiger partial charge in [-0.15, -0.1) is 0 Å². The Balaban J connectivity index is 1.65. The molecule has 2 heterocycles. The molecule has 3 rings (SSSR count). The van der Waals surface area contributed by atoms with Crippen molar-refractivity contribution >= 4 is 0 Å². The van der Waals surface area contributed by atoms with Crippen LogP contribution in [0.15, 0.2) is 46.0 Å². The van der Waals surface area contributed by atoms with Crippen molar-refractivity contribution in [2.45, 2.75) is 19.6 Å². The van der Waals surface area contributed by atoms with E-state index < -0.39 is 0 Å². The molecule has 0 unspecified atom stereocenters. The molecule has 0 amide bonds. The van der Waals surface area contributed by atoms with Crippen LogP contribution in [-0.4, -0.2) is 40.7 Å². The zero-order chi connectivity index (χ0) is 16.2. The minimum atomic E-state index is -0.345. The molecule has 1 aromatic carbocycles. The van der Waals surface area contributed by atoms with Gasteiger partial charge in [-0.1, -0.05) is 30.3 Å². The highest BCUT2D eigenvalue weighted by Crippen LogP contribution is 2.21. The quantitative estimate of drug-likeness (QED) is 0.911. The predicted molar refractivity (Wildman–Crippen MR) is 87.6 cm³/mol. The molecule has 1 aliphatic heterocycles. The fourth-order valence-corrected chi connectivity index (χ4v) is 2.86. The molecule has 6 heteroatoms. The van der Waals surface area contributed by atoms with Crippen LogP contribution in [0.5, 0.6) is 0 Å². The lowest BCUT2D eigenvalue weighted by Gasteiger charge is -2.33. The van der Waals surface area contributed by atoms with E-state index in [1.807, 2.05) is 18.2 Å². The van der Waals surface area contributed by atoms with Crippen molar-refractivity contribution in [3.05, 3.63) is 68.5 Å². The summed E-state index contributed by atoms with van der Waals surface area (Å²) in [7, 11) is 0. The Morgan fingerprint density at radius 1 is 1.22 bits per heavy atom. The van der Waals surface area contributed by atoms with Crippen LogP contribution in [0, 0.1) is 6.92 Å². The van der Waals surface area contributed by atoms with Crippen LogP contribution in [0.25, 0.3) is 0 Å². The second-order valence-corrected chi connectivity index (χ2v) is 5.82. The van der Waals surface area contributed by atoms with Gasteiger partial charge < -0.3 is 9.72 Å². The number of rotatable bonds is 4. The van der Waals surface area contributed by atoms with E-state index in [1.54, 1.807) is 6.92 Å². The van der Waals surface area contributed by atoms with Gasteiger partial charge in [-0.05, 0) is 12.5 Å². The molecule has 0 aliphatic carbocycles. The predicted octanol–water partition coefficient (Wildman–Crippen LogP) is 0.919.